The van der Waals surface area contributed by atoms with Crippen LogP contribution in [0.4, 0.5) is 0 Å². The van der Waals surface area contributed by atoms with Crippen LogP contribution in [0.3, 0.4) is 0 Å². The first-order valence-electron chi connectivity index (χ1n) is 10.9. The zero-order chi connectivity index (χ0) is 22.1. The Morgan fingerprint density at radius 2 is 1.69 bits per heavy atom. The maximum absolute atomic E-state index is 13.3. The van der Waals surface area contributed by atoms with E-state index in [1.165, 1.54) is 0 Å². The smallest absolute Gasteiger partial charge is 0.255 e. The number of fused-ring (bicyclic) bond motifs is 2. The molecule has 160 valence electrons. The number of aryl methyl sites for hydroxylation is 1. The molecule has 1 aliphatic heterocycles. The highest BCUT2D eigenvalue weighted by molar-refractivity contribution is 6.01. The Bertz CT molecular complexity index is 1290. The second kappa shape index (κ2) is 8.35. The standard InChI is InChI=1S/C27H25N3O2/c1-18-25(22-13-7-8-14-23(22)29-18)26-20-11-5-6-12-21(20)27(32)30(26)16-15-24(31)28-17-19-9-3-2-4-10-19/h2-14,26,29H,15-17H2,1H3,(H,28,31)/t26-/m0/s1. The number of para-hydroxylation sites is 1. The summed E-state index contributed by atoms with van der Waals surface area (Å²) in [6.45, 7) is 2.89. The van der Waals surface area contributed by atoms with E-state index >= 15 is 0 Å². The van der Waals surface area contributed by atoms with Crippen LogP contribution in [-0.2, 0) is 11.3 Å². The zero-order valence-electron chi connectivity index (χ0n) is 18.0. The third-order valence-corrected chi connectivity index (χ3v) is 6.19. The number of nitrogens with one attached hydrogen (secondary N) is 2. The van der Waals surface area contributed by atoms with E-state index in [0.29, 0.717) is 18.7 Å². The van der Waals surface area contributed by atoms with Gasteiger partial charge in [0.1, 0.15) is 0 Å². The molecule has 0 bridgehead atoms. The maximum Gasteiger partial charge on any atom is 0.255 e. The summed E-state index contributed by atoms with van der Waals surface area (Å²) in [5.74, 6) is -0.0850. The van der Waals surface area contributed by atoms with Crippen LogP contribution in [0.2, 0.25) is 0 Å². The number of carbonyl (C=O) groups is 2. The van der Waals surface area contributed by atoms with Gasteiger partial charge in [-0.1, -0.05) is 66.7 Å². The van der Waals surface area contributed by atoms with Gasteiger partial charge < -0.3 is 15.2 Å². The molecule has 2 heterocycles. The van der Waals surface area contributed by atoms with Gasteiger partial charge in [0, 0.05) is 47.2 Å². The number of aromatic amines is 1. The lowest BCUT2D eigenvalue weighted by atomic mass is 9.95. The number of rotatable bonds is 6. The first kappa shape index (κ1) is 20.1. The molecule has 0 radical (unpaired) electrons. The van der Waals surface area contributed by atoms with E-state index in [0.717, 1.165) is 33.3 Å². The van der Waals surface area contributed by atoms with Crippen molar-refractivity contribution in [3.8, 4) is 0 Å². The Hall–Kier alpha value is -3.86. The van der Waals surface area contributed by atoms with Gasteiger partial charge in [-0.3, -0.25) is 9.59 Å². The predicted octanol–water partition coefficient (Wildman–Crippen LogP) is 4.73. The molecular formula is C27H25N3O2. The lowest BCUT2D eigenvalue weighted by Crippen LogP contribution is -2.34. The van der Waals surface area contributed by atoms with Crippen molar-refractivity contribution in [1.82, 2.24) is 15.2 Å². The van der Waals surface area contributed by atoms with Crippen LogP contribution in [0.25, 0.3) is 10.9 Å². The molecule has 0 fully saturated rings. The van der Waals surface area contributed by atoms with Crippen LogP contribution < -0.4 is 5.32 Å². The number of H-pyrrole nitrogens is 1. The van der Waals surface area contributed by atoms with Crippen molar-refractivity contribution >= 4 is 22.7 Å². The van der Waals surface area contributed by atoms with Crippen LogP contribution in [0.1, 0.15) is 45.2 Å². The molecule has 0 aliphatic carbocycles. The molecule has 4 aromatic rings. The van der Waals surface area contributed by atoms with Crippen molar-refractivity contribution in [3.05, 3.63) is 107 Å². The fourth-order valence-electron chi connectivity index (χ4n) is 4.67. The predicted molar refractivity (Wildman–Crippen MR) is 125 cm³/mol. The molecule has 5 rings (SSSR count). The van der Waals surface area contributed by atoms with Crippen molar-refractivity contribution < 1.29 is 9.59 Å². The van der Waals surface area contributed by atoms with Gasteiger partial charge in [0.2, 0.25) is 5.91 Å². The maximum atomic E-state index is 13.3. The van der Waals surface area contributed by atoms with Gasteiger partial charge in [0.25, 0.3) is 5.91 Å². The zero-order valence-corrected chi connectivity index (χ0v) is 18.0. The van der Waals surface area contributed by atoms with Gasteiger partial charge in [0.15, 0.2) is 0 Å². The number of benzene rings is 3. The van der Waals surface area contributed by atoms with Crippen LogP contribution in [0, 0.1) is 6.92 Å². The Morgan fingerprint density at radius 3 is 2.53 bits per heavy atom. The number of carbonyl (C=O) groups excluding carboxylic acids is 2. The highest BCUT2D eigenvalue weighted by Crippen LogP contribution is 2.42. The van der Waals surface area contributed by atoms with Crippen molar-refractivity contribution in [2.45, 2.75) is 25.9 Å². The number of hydrogen-bond acceptors (Lipinski definition) is 2. The summed E-state index contributed by atoms with van der Waals surface area (Å²) in [6.07, 6.45) is 0.254. The van der Waals surface area contributed by atoms with Crippen LogP contribution >= 0.6 is 0 Å². The fourth-order valence-corrected chi connectivity index (χ4v) is 4.67. The Labute approximate surface area is 187 Å². The Balaban J connectivity index is 1.41. The summed E-state index contributed by atoms with van der Waals surface area (Å²) in [6, 6.07) is 25.5. The van der Waals surface area contributed by atoms with E-state index < -0.39 is 0 Å². The minimum absolute atomic E-state index is 0.0221. The van der Waals surface area contributed by atoms with Crippen molar-refractivity contribution in [2.24, 2.45) is 0 Å². The van der Waals surface area contributed by atoms with Gasteiger partial charge in [-0.15, -0.1) is 0 Å². The van der Waals surface area contributed by atoms with E-state index in [2.05, 4.69) is 22.4 Å². The van der Waals surface area contributed by atoms with Crippen molar-refractivity contribution in [3.63, 3.8) is 0 Å². The lowest BCUT2D eigenvalue weighted by Gasteiger charge is -2.26. The highest BCUT2D eigenvalue weighted by Gasteiger charge is 2.39. The Morgan fingerprint density at radius 1 is 0.969 bits per heavy atom. The molecule has 1 aromatic heterocycles. The van der Waals surface area contributed by atoms with Crippen LogP contribution in [0.5, 0.6) is 0 Å². The lowest BCUT2D eigenvalue weighted by molar-refractivity contribution is -0.121. The van der Waals surface area contributed by atoms with Crippen LogP contribution in [0.15, 0.2) is 78.9 Å². The summed E-state index contributed by atoms with van der Waals surface area (Å²) >= 11 is 0. The number of nitrogens with zero attached hydrogens (tertiary/aromatic N) is 1. The first-order valence-corrected chi connectivity index (χ1v) is 10.9. The third-order valence-electron chi connectivity index (χ3n) is 6.19. The van der Waals surface area contributed by atoms with Gasteiger partial charge in [-0.25, -0.2) is 0 Å². The fraction of sp³-hybridized carbons (Fsp3) is 0.185. The molecule has 0 saturated heterocycles. The molecule has 5 nitrogen and oxygen atoms in total. The topological polar surface area (TPSA) is 65.2 Å². The highest BCUT2D eigenvalue weighted by atomic mass is 16.2. The van der Waals surface area contributed by atoms with E-state index in [1.807, 2.05) is 78.6 Å². The molecule has 2 amide bonds. The summed E-state index contributed by atoms with van der Waals surface area (Å²) in [4.78, 5) is 31.2. The molecule has 3 aromatic carbocycles. The molecule has 2 N–H and O–H groups in total. The normalized spacial score (nSPS) is 15.2. The van der Waals surface area contributed by atoms with E-state index in [4.69, 9.17) is 0 Å². The molecule has 32 heavy (non-hydrogen) atoms. The van der Waals surface area contributed by atoms with Gasteiger partial charge >= 0.3 is 0 Å². The average Bonchev–Trinajstić information content (AvgIpc) is 3.29. The van der Waals surface area contributed by atoms with Crippen molar-refractivity contribution in [1.29, 1.82) is 0 Å². The Kier molecular flexibility index (Phi) is 5.23. The second-order valence-corrected chi connectivity index (χ2v) is 8.21. The van der Waals surface area contributed by atoms with Crippen LogP contribution in [-0.4, -0.2) is 28.2 Å². The molecule has 0 unspecified atom stereocenters. The largest absolute Gasteiger partial charge is 0.358 e. The van der Waals surface area contributed by atoms with E-state index in [-0.39, 0.29) is 24.3 Å². The van der Waals surface area contributed by atoms with Gasteiger partial charge in [0.05, 0.1) is 6.04 Å². The average molecular weight is 424 g/mol. The molecule has 0 spiro atoms. The molecule has 1 aliphatic rings. The number of hydrogen-bond donors (Lipinski definition) is 2. The van der Waals surface area contributed by atoms with Gasteiger partial charge in [-0.2, -0.15) is 0 Å². The molecule has 1 atom stereocenters. The summed E-state index contributed by atoms with van der Waals surface area (Å²) in [5, 5.41) is 4.08. The van der Waals surface area contributed by atoms with E-state index in [1.54, 1.807) is 0 Å². The second-order valence-electron chi connectivity index (χ2n) is 8.21. The monoisotopic (exact) mass is 423 g/mol. The summed E-state index contributed by atoms with van der Waals surface area (Å²) in [5.41, 5.74) is 5.96. The first-order chi connectivity index (χ1) is 15.6. The summed E-state index contributed by atoms with van der Waals surface area (Å²) < 4.78 is 0. The molecule has 5 heteroatoms. The minimum Gasteiger partial charge on any atom is -0.358 e. The third kappa shape index (κ3) is 3.56. The van der Waals surface area contributed by atoms with Crippen molar-refractivity contribution in [2.75, 3.05) is 6.54 Å². The van der Waals surface area contributed by atoms with E-state index in [9.17, 15) is 9.59 Å². The SMILES string of the molecule is Cc1[nH]c2ccccc2c1[C@@H]1c2ccccc2C(=O)N1CCC(=O)NCc1ccccc1. The molecular weight excluding hydrogens is 398 g/mol. The number of aromatic nitrogens is 1. The minimum atomic E-state index is -0.211. The summed E-state index contributed by atoms with van der Waals surface area (Å²) in [7, 11) is 0. The number of amides is 2. The molecule has 0 saturated carbocycles. The van der Waals surface area contributed by atoms with Gasteiger partial charge in [-0.05, 0) is 30.2 Å². The quantitative estimate of drug-likeness (QED) is 0.471.